The van der Waals surface area contributed by atoms with Crippen LogP contribution in [0.5, 0.6) is 0 Å². The van der Waals surface area contributed by atoms with Gasteiger partial charge in [-0.3, -0.25) is 4.79 Å². The van der Waals surface area contributed by atoms with Crippen molar-refractivity contribution in [1.29, 1.82) is 0 Å². The number of carbonyl (C=O) groups excluding carboxylic acids is 1. The molecule has 1 amide bonds. The van der Waals surface area contributed by atoms with Crippen LogP contribution in [0.3, 0.4) is 0 Å². The van der Waals surface area contributed by atoms with Gasteiger partial charge in [-0.05, 0) is 30.4 Å². The zero-order chi connectivity index (χ0) is 17.6. The smallest absolute Gasteiger partial charge is 0.227 e. The van der Waals surface area contributed by atoms with E-state index in [4.69, 9.17) is 0 Å². The molecule has 0 radical (unpaired) electrons. The Balaban J connectivity index is 1.78. The van der Waals surface area contributed by atoms with Crippen LogP contribution in [-0.2, 0) is 11.2 Å². The van der Waals surface area contributed by atoms with Gasteiger partial charge in [-0.15, -0.1) is 0 Å². The average molecular weight is 332 g/mol. The maximum absolute atomic E-state index is 12.3. The van der Waals surface area contributed by atoms with Crippen LogP contribution in [0, 0.1) is 5.92 Å². The molecular formula is C21H35N2O+. The van der Waals surface area contributed by atoms with E-state index < -0.39 is 0 Å². The third kappa shape index (κ3) is 6.27. The summed E-state index contributed by atoms with van der Waals surface area (Å²) in [6.45, 7) is 3.84. The van der Waals surface area contributed by atoms with E-state index in [2.05, 4.69) is 50.7 Å². The predicted octanol–water partition coefficient (Wildman–Crippen LogP) is 3.74. The SMILES string of the molecule is C[C@@H](C(=O)NCCC[N+](C)(C)C)c1ccc(CC2CCCC2)cc1. The fourth-order valence-corrected chi connectivity index (χ4v) is 3.56. The number of rotatable bonds is 8. The number of hydrogen-bond donors (Lipinski definition) is 1. The van der Waals surface area contributed by atoms with Crippen LogP contribution >= 0.6 is 0 Å². The molecule has 24 heavy (non-hydrogen) atoms. The maximum atomic E-state index is 12.3. The lowest BCUT2D eigenvalue weighted by atomic mass is 9.94. The van der Waals surface area contributed by atoms with Crippen molar-refractivity contribution in [3.63, 3.8) is 0 Å². The lowest BCUT2D eigenvalue weighted by molar-refractivity contribution is -0.870. The lowest BCUT2D eigenvalue weighted by Gasteiger charge is -2.24. The summed E-state index contributed by atoms with van der Waals surface area (Å²) in [4.78, 5) is 12.3. The van der Waals surface area contributed by atoms with Crippen LogP contribution in [0.2, 0.25) is 0 Å². The second-order valence-electron chi connectivity index (χ2n) is 8.48. The van der Waals surface area contributed by atoms with Gasteiger partial charge in [-0.2, -0.15) is 0 Å². The van der Waals surface area contributed by atoms with Crippen LogP contribution in [-0.4, -0.2) is 44.6 Å². The van der Waals surface area contributed by atoms with Crippen LogP contribution in [0.15, 0.2) is 24.3 Å². The Hall–Kier alpha value is -1.35. The van der Waals surface area contributed by atoms with E-state index in [1.807, 2.05) is 6.92 Å². The molecule has 3 nitrogen and oxygen atoms in total. The Morgan fingerprint density at radius 2 is 1.79 bits per heavy atom. The molecule has 1 atom stereocenters. The molecule has 1 aromatic carbocycles. The van der Waals surface area contributed by atoms with Gasteiger partial charge < -0.3 is 9.80 Å². The number of benzene rings is 1. The summed E-state index contributed by atoms with van der Waals surface area (Å²) in [6.07, 6.45) is 7.78. The van der Waals surface area contributed by atoms with Gasteiger partial charge in [0.05, 0.1) is 33.6 Å². The largest absolute Gasteiger partial charge is 0.355 e. The summed E-state index contributed by atoms with van der Waals surface area (Å²) in [5, 5.41) is 3.08. The molecule has 0 saturated heterocycles. The van der Waals surface area contributed by atoms with E-state index in [9.17, 15) is 4.79 Å². The second-order valence-corrected chi connectivity index (χ2v) is 8.48. The average Bonchev–Trinajstić information content (AvgIpc) is 3.03. The molecule has 0 unspecified atom stereocenters. The minimum absolute atomic E-state index is 0.0744. The minimum Gasteiger partial charge on any atom is -0.355 e. The highest BCUT2D eigenvalue weighted by molar-refractivity contribution is 5.83. The summed E-state index contributed by atoms with van der Waals surface area (Å²) >= 11 is 0. The first-order valence-electron chi connectivity index (χ1n) is 9.52. The molecule has 1 aliphatic carbocycles. The molecule has 0 aromatic heterocycles. The van der Waals surface area contributed by atoms with E-state index in [0.717, 1.165) is 35.5 Å². The van der Waals surface area contributed by atoms with E-state index in [1.54, 1.807) is 0 Å². The first-order valence-corrected chi connectivity index (χ1v) is 9.52. The first-order chi connectivity index (χ1) is 11.3. The van der Waals surface area contributed by atoms with Crippen molar-refractivity contribution < 1.29 is 9.28 Å². The number of amides is 1. The Labute approximate surface area is 148 Å². The molecule has 0 heterocycles. The van der Waals surface area contributed by atoms with Crippen molar-refractivity contribution in [3.05, 3.63) is 35.4 Å². The zero-order valence-electron chi connectivity index (χ0n) is 16.0. The molecule has 134 valence electrons. The molecular weight excluding hydrogens is 296 g/mol. The van der Waals surface area contributed by atoms with Crippen LogP contribution < -0.4 is 5.32 Å². The number of quaternary nitrogens is 1. The Kier molecular flexibility index (Phi) is 6.85. The van der Waals surface area contributed by atoms with Crippen LogP contribution in [0.25, 0.3) is 0 Å². The predicted molar refractivity (Wildman–Crippen MR) is 101 cm³/mol. The van der Waals surface area contributed by atoms with Crippen molar-refractivity contribution in [2.75, 3.05) is 34.2 Å². The fraction of sp³-hybridized carbons (Fsp3) is 0.667. The van der Waals surface area contributed by atoms with E-state index in [-0.39, 0.29) is 11.8 Å². The molecule has 3 heteroatoms. The summed E-state index contributed by atoms with van der Waals surface area (Å²) in [5.74, 6) is 0.937. The summed E-state index contributed by atoms with van der Waals surface area (Å²) in [5.41, 5.74) is 2.54. The highest BCUT2D eigenvalue weighted by Crippen LogP contribution is 2.28. The second kappa shape index (κ2) is 8.66. The standard InChI is InChI=1S/C21H34N2O/c1-17(21(24)22-14-7-15-23(2,3)4)20-12-10-19(11-13-20)16-18-8-5-6-9-18/h10-13,17-18H,5-9,14-16H2,1-4H3/p+1/t17-/m1/s1. The molecule has 0 bridgehead atoms. The number of nitrogens with zero attached hydrogens (tertiary/aromatic N) is 1. The minimum atomic E-state index is -0.0744. The molecule has 1 N–H and O–H groups in total. The van der Waals surface area contributed by atoms with Crippen molar-refractivity contribution >= 4 is 5.91 Å². The third-order valence-corrected chi connectivity index (χ3v) is 5.18. The van der Waals surface area contributed by atoms with Gasteiger partial charge in [-0.25, -0.2) is 0 Å². The van der Waals surface area contributed by atoms with Gasteiger partial charge in [0.1, 0.15) is 0 Å². The highest BCUT2D eigenvalue weighted by atomic mass is 16.1. The Morgan fingerprint density at radius 3 is 2.38 bits per heavy atom. The van der Waals surface area contributed by atoms with Crippen molar-refractivity contribution in [3.8, 4) is 0 Å². The summed E-state index contributed by atoms with van der Waals surface area (Å²) < 4.78 is 0.938. The van der Waals surface area contributed by atoms with Gasteiger partial charge in [0.15, 0.2) is 0 Å². The van der Waals surface area contributed by atoms with Gasteiger partial charge in [0.25, 0.3) is 0 Å². The molecule has 1 aromatic rings. The summed E-state index contributed by atoms with van der Waals surface area (Å²) in [7, 11) is 6.53. The van der Waals surface area contributed by atoms with Gasteiger partial charge >= 0.3 is 0 Å². The molecule has 0 spiro atoms. The monoisotopic (exact) mass is 331 g/mol. The Morgan fingerprint density at radius 1 is 1.17 bits per heavy atom. The normalized spacial score (nSPS) is 17.0. The van der Waals surface area contributed by atoms with Crippen molar-refractivity contribution in [1.82, 2.24) is 5.32 Å². The Bertz CT molecular complexity index is 510. The topological polar surface area (TPSA) is 29.1 Å². The summed E-state index contributed by atoms with van der Waals surface area (Å²) in [6, 6.07) is 8.71. The third-order valence-electron chi connectivity index (χ3n) is 5.18. The van der Waals surface area contributed by atoms with Gasteiger partial charge in [0, 0.05) is 13.0 Å². The van der Waals surface area contributed by atoms with Crippen molar-refractivity contribution in [2.24, 2.45) is 5.92 Å². The zero-order valence-corrected chi connectivity index (χ0v) is 16.0. The van der Waals surface area contributed by atoms with Gasteiger partial charge in [-0.1, -0.05) is 49.9 Å². The molecule has 1 aliphatic rings. The lowest BCUT2D eigenvalue weighted by Crippen LogP contribution is -2.38. The molecule has 2 rings (SSSR count). The van der Waals surface area contributed by atoms with Crippen LogP contribution in [0.1, 0.15) is 56.1 Å². The van der Waals surface area contributed by atoms with E-state index in [1.165, 1.54) is 37.7 Å². The maximum Gasteiger partial charge on any atom is 0.227 e. The molecule has 0 aliphatic heterocycles. The number of hydrogen-bond acceptors (Lipinski definition) is 1. The number of carbonyl (C=O) groups is 1. The van der Waals surface area contributed by atoms with Gasteiger partial charge in [0.2, 0.25) is 5.91 Å². The molecule has 1 fully saturated rings. The first kappa shape index (κ1) is 19.0. The van der Waals surface area contributed by atoms with E-state index >= 15 is 0 Å². The highest BCUT2D eigenvalue weighted by Gasteiger charge is 2.17. The van der Waals surface area contributed by atoms with Crippen LogP contribution in [0.4, 0.5) is 0 Å². The number of nitrogens with one attached hydrogen (secondary N) is 1. The van der Waals surface area contributed by atoms with Crippen molar-refractivity contribution in [2.45, 2.75) is 51.4 Å². The molecule has 1 saturated carbocycles. The van der Waals surface area contributed by atoms with E-state index in [0.29, 0.717) is 0 Å². The quantitative estimate of drug-likeness (QED) is 0.571. The fourth-order valence-electron chi connectivity index (χ4n) is 3.56.